The van der Waals surface area contributed by atoms with E-state index in [9.17, 15) is 14.7 Å². The van der Waals surface area contributed by atoms with Gasteiger partial charge in [-0.2, -0.15) is 0 Å². The topological polar surface area (TPSA) is 80.6 Å². The molecule has 122 valence electrons. The maximum atomic E-state index is 12.1. The van der Waals surface area contributed by atoms with Crippen molar-refractivity contribution < 1.29 is 19.4 Å². The number of nitrogens with zero attached hydrogens (tertiary/aromatic N) is 1. The molecule has 0 aliphatic carbocycles. The van der Waals surface area contributed by atoms with Crippen molar-refractivity contribution in [1.29, 1.82) is 0 Å². The summed E-state index contributed by atoms with van der Waals surface area (Å²) in [5.41, 5.74) is 1.29. The Labute approximate surface area is 134 Å². The first-order chi connectivity index (χ1) is 11.0. The van der Waals surface area contributed by atoms with Crippen molar-refractivity contribution in [2.24, 2.45) is 13.0 Å². The van der Waals surface area contributed by atoms with E-state index in [1.54, 1.807) is 43.1 Å². The Hall–Kier alpha value is -2.76. The first-order valence-electron chi connectivity index (χ1n) is 7.27. The predicted molar refractivity (Wildman–Crippen MR) is 85.6 cm³/mol. The van der Waals surface area contributed by atoms with Crippen molar-refractivity contribution in [3.63, 3.8) is 0 Å². The maximum Gasteiger partial charge on any atom is 0.308 e. The number of carboxylic acid groups (broad SMARTS) is 1. The molecule has 0 aliphatic rings. The normalized spacial score (nSPS) is 11.7. The summed E-state index contributed by atoms with van der Waals surface area (Å²) in [6.45, 7) is 0.0530. The molecular weight excluding hydrogens is 296 g/mol. The van der Waals surface area contributed by atoms with Crippen LogP contribution in [0.1, 0.15) is 16.1 Å². The van der Waals surface area contributed by atoms with Gasteiger partial charge < -0.3 is 19.7 Å². The largest absolute Gasteiger partial charge is 0.496 e. The molecular formula is C17H20N2O4. The van der Waals surface area contributed by atoms with Crippen LogP contribution in [0.15, 0.2) is 42.6 Å². The Kier molecular flexibility index (Phi) is 5.41. The molecule has 1 aromatic heterocycles. The zero-order valence-corrected chi connectivity index (χ0v) is 13.2. The van der Waals surface area contributed by atoms with E-state index in [0.29, 0.717) is 11.4 Å². The van der Waals surface area contributed by atoms with Gasteiger partial charge in [-0.3, -0.25) is 9.59 Å². The molecule has 0 radical (unpaired) electrons. The summed E-state index contributed by atoms with van der Waals surface area (Å²) in [4.78, 5) is 23.6. The third-order valence-electron chi connectivity index (χ3n) is 3.69. The number of hydrogen-bond acceptors (Lipinski definition) is 3. The number of methoxy groups -OCH3 is 1. The Morgan fingerprint density at radius 1 is 1.26 bits per heavy atom. The van der Waals surface area contributed by atoms with E-state index in [-0.39, 0.29) is 18.9 Å². The minimum Gasteiger partial charge on any atom is -0.496 e. The van der Waals surface area contributed by atoms with Crippen LogP contribution in [0, 0.1) is 5.92 Å². The van der Waals surface area contributed by atoms with Gasteiger partial charge in [-0.25, -0.2) is 0 Å². The quantitative estimate of drug-likeness (QED) is 0.815. The molecule has 0 aliphatic heterocycles. The molecule has 0 fully saturated rings. The predicted octanol–water partition coefficient (Wildman–Crippen LogP) is 1.71. The lowest BCUT2D eigenvalue weighted by Crippen LogP contribution is -2.34. The maximum absolute atomic E-state index is 12.1. The number of rotatable bonds is 7. The fourth-order valence-corrected chi connectivity index (χ4v) is 2.39. The van der Waals surface area contributed by atoms with E-state index in [1.165, 1.54) is 0 Å². The standard InChI is InChI=1S/C17H20N2O4/c1-19-9-5-7-14(19)16(20)18-11-13(17(21)22)10-12-6-3-4-8-15(12)23-2/h3-9,13H,10-11H2,1-2H3,(H,18,20)(H,21,22). The van der Waals surface area contributed by atoms with Crippen LogP contribution in [0.3, 0.4) is 0 Å². The lowest BCUT2D eigenvalue weighted by molar-refractivity contribution is -0.141. The molecule has 0 saturated carbocycles. The molecule has 1 heterocycles. The van der Waals surface area contributed by atoms with Crippen LogP contribution in [0.4, 0.5) is 0 Å². The van der Waals surface area contributed by atoms with Gasteiger partial charge in [-0.05, 0) is 30.2 Å². The highest BCUT2D eigenvalue weighted by Gasteiger charge is 2.21. The molecule has 0 saturated heterocycles. The summed E-state index contributed by atoms with van der Waals surface area (Å²) in [6, 6.07) is 10.7. The van der Waals surface area contributed by atoms with Gasteiger partial charge in [0.15, 0.2) is 0 Å². The summed E-state index contributed by atoms with van der Waals surface area (Å²) in [7, 11) is 3.31. The summed E-state index contributed by atoms with van der Waals surface area (Å²) in [5.74, 6) is -1.32. The monoisotopic (exact) mass is 316 g/mol. The molecule has 1 atom stereocenters. The molecule has 23 heavy (non-hydrogen) atoms. The smallest absolute Gasteiger partial charge is 0.308 e. The van der Waals surface area contributed by atoms with Crippen molar-refractivity contribution in [3.05, 3.63) is 53.9 Å². The van der Waals surface area contributed by atoms with Crippen molar-refractivity contribution in [2.45, 2.75) is 6.42 Å². The van der Waals surface area contributed by atoms with Crippen molar-refractivity contribution >= 4 is 11.9 Å². The molecule has 6 nitrogen and oxygen atoms in total. The summed E-state index contributed by atoms with van der Waals surface area (Å²) in [6.07, 6.45) is 2.05. The molecule has 2 aromatic rings. The Morgan fingerprint density at radius 3 is 2.61 bits per heavy atom. The first-order valence-corrected chi connectivity index (χ1v) is 7.27. The van der Waals surface area contributed by atoms with Gasteiger partial charge in [-0.1, -0.05) is 18.2 Å². The van der Waals surface area contributed by atoms with Gasteiger partial charge in [0.25, 0.3) is 5.91 Å². The van der Waals surface area contributed by atoms with Crippen LogP contribution in [-0.4, -0.2) is 35.2 Å². The number of aliphatic carboxylic acids is 1. The molecule has 2 rings (SSSR count). The molecule has 1 unspecified atom stereocenters. The zero-order valence-electron chi connectivity index (χ0n) is 13.2. The van der Waals surface area contributed by atoms with Crippen LogP contribution in [0.5, 0.6) is 5.75 Å². The average Bonchev–Trinajstić information content (AvgIpc) is 2.97. The van der Waals surface area contributed by atoms with Gasteiger partial charge in [0.2, 0.25) is 0 Å². The van der Waals surface area contributed by atoms with Crippen molar-refractivity contribution in [3.8, 4) is 5.75 Å². The van der Waals surface area contributed by atoms with E-state index >= 15 is 0 Å². The number of para-hydroxylation sites is 1. The van der Waals surface area contributed by atoms with Crippen LogP contribution >= 0.6 is 0 Å². The second-order valence-corrected chi connectivity index (χ2v) is 5.27. The Morgan fingerprint density at radius 2 is 2.00 bits per heavy atom. The third kappa shape index (κ3) is 4.12. The fraction of sp³-hybridized carbons (Fsp3) is 0.294. The molecule has 0 bridgehead atoms. The number of carbonyl (C=O) groups excluding carboxylic acids is 1. The van der Waals surface area contributed by atoms with E-state index in [4.69, 9.17) is 4.74 Å². The Bertz CT molecular complexity index is 693. The zero-order chi connectivity index (χ0) is 16.8. The summed E-state index contributed by atoms with van der Waals surface area (Å²) >= 11 is 0. The minimum absolute atomic E-state index is 0.0530. The number of hydrogen-bond donors (Lipinski definition) is 2. The second kappa shape index (κ2) is 7.49. The SMILES string of the molecule is COc1ccccc1CC(CNC(=O)c1cccn1C)C(=O)O. The van der Waals surface area contributed by atoms with Gasteiger partial charge in [0, 0.05) is 19.8 Å². The molecule has 6 heteroatoms. The van der Waals surface area contributed by atoms with Gasteiger partial charge in [-0.15, -0.1) is 0 Å². The lowest BCUT2D eigenvalue weighted by atomic mass is 9.98. The average molecular weight is 316 g/mol. The highest BCUT2D eigenvalue weighted by molar-refractivity contribution is 5.92. The summed E-state index contributed by atoms with van der Waals surface area (Å²) in [5, 5.41) is 12.1. The van der Waals surface area contributed by atoms with E-state index in [1.807, 2.05) is 18.2 Å². The van der Waals surface area contributed by atoms with E-state index in [0.717, 1.165) is 5.56 Å². The highest BCUT2D eigenvalue weighted by Crippen LogP contribution is 2.21. The number of amides is 1. The van der Waals surface area contributed by atoms with Crippen molar-refractivity contribution in [2.75, 3.05) is 13.7 Å². The first kappa shape index (κ1) is 16.6. The van der Waals surface area contributed by atoms with Crippen LogP contribution in [-0.2, 0) is 18.3 Å². The lowest BCUT2D eigenvalue weighted by Gasteiger charge is -2.15. The third-order valence-corrected chi connectivity index (χ3v) is 3.69. The van der Waals surface area contributed by atoms with Gasteiger partial charge in [0.1, 0.15) is 11.4 Å². The van der Waals surface area contributed by atoms with Crippen LogP contribution in [0.25, 0.3) is 0 Å². The fourth-order valence-electron chi connectivity index (χ4n) is 2.39. The summed E-state index contributed by atoms with van der Waals surface area (Å²) < 4.78 is 6.93. The molecule has 1 aromatic carbocycles. The van der Waals surface area contributed by atoms with Crippen LogP contribution in [0.2, 0.25) is 0 Å². The number of carboxylic acids is 1. The number of nitrogens with one attached hydrogen (secondary N) is 1. The van der Waals surface area contributed by atoms with Crippen molar-refractivity contribution in [1.82, 2.24) is 9.88 Å². The van der Waals surface area contributed by atoms with E-state index in [2.05, 4.69) is 5.32 Å². The molecule has 2 N–H and O–H groups in total. The van der Waals surface area contributed by atoms with E-state index < -0.39 is 11.9 Å². The number of carbonyl (C=O) groups is 2. The number of ether oxygens (including phenoxy) is 1. The molecule has 1 amide bonds. The number of benzene rings is 1. The highest BCUT2D eigenvalue weighted by atomic mass is 16.5. The second-order valence-electron chi connectivity index (χ2n) is 5.27. The molecule has 0 spiro atoms. The number of aryl methyl sites for hydroxylation is 1. The number of aromatic nitrogens is 1. The van der Waals surface area contributed by atoms with Gasteiger partial charge in [0.05, 0.1) is 13.0 Å². The van der Waals surface area contributed by atoms with Crippen LogP contribution < -0.4 is 10.1 Å². The van der Waals surface area contributed by atoms with Gasteiger partial charge >= 0.3 is 5.97 Å². The minimum atomic E-state index is -0.955. The Balaban J connectivity index is 2.03.